The Bertz CT molecular complexity index is 1200. The zero-order chi connectivity index (χ0) is 30.4. The lowest BCUT2D eigenvalue weighted by atomic mass is 9.99. The SMILES string of the molecule is CCCCC(CC(=O)O)Nc1nc(N)nc(C)c1Cc1cc(C(=O)NCCCP(=O)(OCC)OCC)ccc1OC. The molecule has 0 aliphatic heterocycles. The second kappa shape index (κ2) is 16.9. The predicted octanol–water partition coefficient (Wildman–Crippen LogP) is 4.80. The maximum Gasteiger partial charge on any atom is 0.330 e. The third-order valence-corrected chi connectivity index (χ3v) is 8.52. The summed E-state index contributed by atoms with van der Waals surface area (Å²) in [6, 6.07) is 4.80. The summed E-state index contributed by atoms with van der Waals surface area (Å²) in [5, 5.41) is 15.5. The Balaban J connectivity index is 2.24. The summed E-state index contributed by atoms with van der Waals surface area (Å²) in [5.41, 5.74) is 8.46. The molecule has 228 valence electrons. The van der Waals surface area contributed by atoms with Crippen molar-refractivity contribution in [2.45, 2.75) is 72.3 Å². The van der Waals surface area contributed by atoms with Gasteiger partial charge in [-0.2, -0.15) is 4.98 Å². The van der Waals surface area contributed by atoms with E-state index < -0.39 is 13.6 Å². The van der Waals surface area contributed by atoms with E-state index >= 15 is 0 Å². The van der Waals surface area contributed by atoms with Gasteiger partial charge in [0.15, 0.2) is 0 Å². The van der Waals surface area contributed by atoms with Crippen LogP contribution in [0.15, 0.2) is 18.2 Å². The van der Waals surface area contributed by atoms with Gasteiger partial charge in [-0.1, -0.05) is 19.8 Å². The Morgan fingerprint density at radius 3 is 2.44 bits per heavy atom. The summed E-state index contributed by atoms with van der Waals surface area (Å²) < 4.78 is 28.8. The molecule has 41 heavy (non-hydrogen) atoms. The molecule has 0 radical (unpaired) electrons. The largest absolute Gasteiger partial charge is 0.496 e. The molecule has 0 fully saturated rings. The highest BCUT2D eigenvalue weighted by atomic mass is 31.2. The van der Waals surface area contributed by atoms with Crippen LogP contribution < -0.4 is 21.1 Å². The number of nitrogen functional groups attached to an aromatic ring is 1. The number of methoxy groups -OCH3 is 1. The van der Waals surface area contributed by atoms with Gasteiger partial charge in [0.1, 0.15) is 11.6 Å². The Morgan fingerprint density at radius 2 is 1.83 bits per heavy atom. The van der Waals surface area contributed by atoms with Crippen molar-refractivity contribution >= 4 is 31.2 Å². The van der Waals surface area contributed by atoms with Crippen LogP contribution in [0.5, 0.6) is 5.75 Å². The van der Waals surface area contributed by atoms with Gasteiger partial charge in [-0.05, 0) is 57.4 Å². The molecule has 1 heterocycles. The summed E-state index contributed by atoms with van der Waals surface area (Å²) in [6.07, 6.45) is 3.34. The maximum atomic E-state index is 13.0. The third-order valence-electron chi connectivity index (χ3n) is 6.35. The van der Waals surface area contributed by atoms with Gasteiger partial charge >= 0.3 is 13.6 Å². The van der Waals surface area contributed by atoms with E-state index in [2.05, 4.69) is 20.6 Å². The molecule has 1 aromatic heterocycles. The summed E-state index contributed by atoms with van der Waals surface area (Å²) in [6.45, 7) is 8.24. The average Bonchev–Trinajstić information content (AvgIpc) is 2.91. The fourth-order valence-corrected chi connectivity index (χ4v) is 6.08. The fraction of sp³-hybridized carbons (Fsp3) is 0.571. The number of nitrogens with one attached hydrogen (secondary N) is 2. The number of rotatable bonds is 19. The minimum absolute atomic E-state index is 0.0635. The van der Waals surface area contributed by atoms with E-state index in [1.165, 1.54) is 0 Å². The topological polar surface area (TPSA) is 175 Å². The minimum Gasteiger partial charge on any atom is -0.496 e. The first-order valence-corrected chi connectivity index (χ1v) is 15.7. The van der Waals surface area contributed by atoms with Gasteiger partial charge in [0.2, 0.25) is 5.95 Å². The number of ether oxygens (including phenoxy) is 1. The number of nitrogens with zero attached hydrogens (tertiary/aromatic N) is 2. The zero-order valence-electron chi connectivity index (χ0n) is 24.7. The van der Waals surface area contributed by atoms with Crippen molar-refractivity contribution in [2.75, 3.05) is 44.1 Å². The Hall–Kier alpha value is -3.21. The van der Waals surface area contributed by atoms with Gasteiger partial charge in [-0.3, -0.25) is 14.2 Å². The number of hydrogen-bond donors (Lipinski definition) is 4. The molecule has 12 nitrogen and oxygen atoms in total. The molecule has 0 aliphatic rings. The molecule has 0 saturated carbocycles. The summed E-state index contributed by atoms with van der Waals surface area (Å²) in [4.78, 5) is 33.2. The van der Waals surface area contributed by atoms with Crippen molar-refractivity contribution in [1.29, 1.82) is 0 Å². The molecule has 1 aromatic carbocycles. The monoisotopic (exact) mass is 593 g/mol. The van der Waals surface area contributed by atoms with Gasteiger partial charge in [0.25, 0.3) is 5.91 Å². The highest BCUT2D eigenvalue weighted by Crippen LogP contribution is 2.48. The van der Waals surface area contributed by atoms with Crippen molar-refractivity contribution in [3.63, 3.8) is 0 Å². The molecule has 0 spiro atoms. The first-order valence-electron chi connectivity index (χ1n) is 14.0. The highest BCUT2D eigenvalue weighted by molar-refractivity contribution is 7.53. The van der Waals surface area contributed by atoms with Crippen LogP contribution in [0.2, 0.25) is 0 Å². The van der Waals surface area contributed by atoms with Crippen molar-refractivity contribution in [1.82, 2.24) is 15.3 Å². The van der Waals surface area contributed by atoms with Crippen LogP contribution in [0, 0.1) is 6.92 Å². The Morgan fingerprint density at radius 1 is 1.12 bits per heavy atom. The molecule has 1 amide bonds. The predicted molar refractivity (Wildman–Crippen MR) is 159 cm³/mol. The van der Waals surface area contributed by atoms with Crippen LogP contribution in [-0.4, -0.2) is 66.0 Å². The van der Waals surface area contributed by atoms with Crippen LogP contribution in [0.25, 0.3) is 0 Å². The van der Waals surface area contributed by atoms with Crippen molar-refractivity contribution in [2.24, 2.45) is 0 Å². The lowest BCUT2D eigenvalue weighted by molar-refractivity contribution is -0.137. The Kier molecular flexibility index (Phi) is 14.0. The number of carbonyl (C=O) groups excluding carboxylic acids is 1. The van der Waals surface area contributed by atoms with Crippen molar-refractivity contribution in [3.8, 4) is 5.75 Å². The zero-order valence-corrected chi connectivity index (χ0v) is 25.6. The molecular formula is C28H44N5O7P. The number of aryl methyl sites for hydroxylation is 1. The van der Waals surface area contributed by atoms with Gasteiger partial charge in [0, 0.05) is 35.8 Å². The van der Waals surface area contributed by atoms with E-state index in [9.17, 15) is 19.3 Å². The molecule has 2 rings (SSSR count). The van der Waals surface area contributed by atoms with E-state index in [0.717, 1.165) is 24.0 Å². The standard InChI is InChI=1S/C28H44N5O7P/c1-6-9-11-22(18-25(34)35)32-26-23(19(4)31-28(29)33-26)17-21-16-20(12-13-24(21)38-5)27(36)30-14-10-15-41(37,39-7-2)40-8-3/h12-13,16,22H,6-11,14-15,17-18H2,1-5H3,(H,30,36)(H,34,35)(H3,29,31,32,33). The lowest BCUT2D eigenvalue weighted by Crippen LogP contribution is -2.26. The normalized spacial score (nSPS) is 12.1. The number of hydrogen-bond acceptors (Lipinski definition) is 10. The molecule has 1 atom stereocenters. The van der Waals surface area contributed by atoms with E-state index in [1.807, 2.05) is 13.8 Å². The smallest absolute Gasteiger partial charge is 0.330 e. The van der Waals surface area contributed by atoms with E-state index in [4.69, 9.17) is 19.5 Å². The van der Waals surface area contributed by atoms with Crippen LogP contribution in [0.4, 0.5) is 11.8 Å². The number of aliphatic carboxylic acids is 1. The summed E-state index contributed by atoms with van der Waals surface area (Å²) in [7, 11) is -1.63. The van der Waals surface area contributed by atoms with Crippen molar-refractivity contribution in [3.05, 3.63) is 40.6 Å². The molecule has 0 bridgehead atoms. The number of carboxylic acid groups (broad SMARTS) is 1. The first-order chi connectivity index (χ1) is 19.5. The van der Waals surface area contributed by atoms with Crippen LogP contribution in [0.3, 0.4) is 0 Å². The molecule has 0 aliphatic carbocycles. The maximum absolute atomic E-state index is 13.0. The highest BCUT2D eigenvalue weighted by Gasteiger charge is 2.23. The lowest BCUT2D eigenvalue weighted by Gasteiger charge is -2.21. The van der Waals surface area contributed by atoms with Gasteiger partial charge in [0.05, 0.1) is 32.9 Å². The Labute approximate surface area is 242 Å². The van der Waals surface area contributed by atoms with Gasteiger partial charge in [-0.15, -0.1) is 0 Å². The average molecular weight is 594 g/mol. The molecule has 0 saturated heterocycles. The second-order valence-electron chi connectivity index (χ2n) is 9.56. The number of anilines is 2. The fourth-order valence-electron chi connectivity index (χ4n) is 4.41. The quantitative estimate of drug-likeness (QED) is 0.130. The van der Waals surface area contributed by atoms with Crippen LogP contribution >= 0.6 is 7.60 Å². The van der Waals surface area contributed by atoms with E-state index in [1.54, 1.807) is 39.2 Å². The van der Waals surface area contributed by atoms with Gasteiger partial charge in [-0.25, -0.2) is 4.98 Å². The van der Waals surface area contributed by atoms with E-state index in [-0.39, 0.29) is 43.7 Å². The van der Waals surface area contributed by atoms with E-state index in [0.29, 0.717) is 48.6 Å². The number of amides is 1. The molecule has 5 N–H and O–H groups in total. The molecule has 13 heteroatoms. The second-order valence-corrected chi connectivity index (χ2v) is 11.7. The summed E-state index contributed by atoms with van der Waals surface area (Å²) >= 11 is 0. The number of carboxylic acids is 1. The molecule has 1 unspecified atom stereocenters. The molecular weight excluding hydrogens is 549 g/mol. The number of benzene rings is 1. The summed E-state index contributed by atoms with van der Waals surface area (Å²) in [5.74, 6) is -0.0794. The molecule has 2 aromatic rings. The van der Waals surface area contributed by atoms with Crippen LogP contribution in [-0.2, 0) is 24.8 Å². The number of carbonyl (C=O) groups is 2. The van der Waals surface area contributed by atoms with Crippen LogP contribution in [0.1, 0.15) is 80.1 Å². The number of aromatic nitrogens is 2. The van der Waals surface area contributed by atoms with Gasteiger partial charge < -0.3 is 35.3 Å². The minimum atomic E-state index is -3.17. The third kappa shape index (κ3) is 10.9. The number of unbranched alkanes of at least 4 members (excludes halogenated alkanes) is 1. The first kappa shape index (κ1) is 34.0. The van der Waals surface area contributed by atoms with Crippen molar-refractivity contribution < 1.29 is 33.0 Å². The number of nitrogens with two attached hydrogens (primary N) is 1.